The number of ether oxygens (including phenoxy) is 2. The smallest absolute Gasteiger partial charge is 0.308 e. The van der Waals surface area contributed by atoms with Gasteiger partial charge in [-0.2, -0.15) is 0 Å². The third kappa shape index (κ3) is 3.64. The number of nitrogens with zero attached hydrogens (tertiary/aromatic N) is 1. The standard InChI is InChI=1S/C10H16ClNO4/c1-7(11)10(14)12-3-4-16-8(6-12)5-9(13)15-2/h7-8H,3-6H2,1-2H3. The Kier molecular flexibility index (Phi) is 5.02. The first kappa shape index (κ1) is 13.3. The van der Waals surface area contributed by atoms with E-state index in [1.165, 1.54) is 7.11 Å². The molecule has 5 nitrogen and oxygen atoms in total. The molecule has 2 unspecified atom stereocenters. The first-order chi connectivity index (χ1) is 7.54. The molecule has 1 aliphatic rings. The fourth-order valence-electron chi connectivity index (χ4n) is 1.56. The zero-order valence-corrected chi connectivity index (χ0v) is 10.2. The van der Waals surface area contributed by atoms with Crippen molar-refractivity contribution in [1.82, 2.24) is 4.90 Å². The highest BCUT2D eigenvalue weighted by molar-refractivity contribution is 6.30. The Hall–Kier alpha value is -0.810. The number of hydrogen-bond acceptors (Lipinski definition) is 4. The Balaban J connectivity index is 2.47. The van der Waals surface area contributed by atoms with E-state index in [1.807, 2.05) is 0 Å². The average molecular weight is 250 g/mol. The second-order valence-electron chi connectivity index (χ2n) is 3.67. The van der Waals surface area contributed by atoms with Crippen LogP contribution in [0.2, 0.25) is 0 Å². The number of amides is 1. The van der Waals surface area contributed by atoms with Crippen LogP contribution in [0.15, 0.2) is 0 Å². The third-order valence-electron chi connectivity index (χ3n) is 2.41. The van der Waals surface area contributed by atoms with E-state index in [0.717, 1.165) is 0 Å². The number of rotatable bonds is 3. The first-order valence-electron chi connectivity index (χ1n) is 5.16. The van der Waals surface area contributed by atoms with Gasteiger partial charge >= 0.3 is 5.97 Å². The molecule has 1 saturated heterocycles. The van der Waals surface area contributed by atoms with Crippen LogP contribution in [-0.2, 0) is 19.1 Å². The molecular weight excluding hydrogens is 234 g/mol. The molecule has 1 fully saturated rings. The number of carbonyl (C=O) groups excluding carboxylic acids is 2. The van der Waals surface area contributed by atoms with Crippen molar-refractivity contribution in [2.75, 3.05) is 26.8 Å². The minimum Gasteiger partial charge on any atom is -0.469 e. The summed E-state index contributed by atoms with van der Waals surface area (Å²) in [6.45, 7) is 2.98. The summed E-state index contributed by atoms with van der Waals surface area (Å²) in [4.78, 5) is 24.3. The van der Waals surface area contributed by atoms with E-state index in [2.05, 4.69) is 4.74 Å². The van der Waals surface area contributed by atoms with E-state index in [4.69, 9.17) is 16.3 Å². The van der Waals surface area contributed by atoms with Crippen molar-refractivity contribution < 1.29 is 19.1 Å². The maximum atomic E-state index is 11.6. The number of esters is 1. The van der Waals surface area contributed by atoms with Gasteiger partial charge in [0.2, 0.25) is 5.91 Å². The van der Waals surface area contributed by atoms with Crippen LogP contribution in [0, 0.1) is 0 Å². The average Bonchev–Trinajstić information content (AvgIpc) is 2.28. The molecule has 0 N–H and O–H groups in total. The maximum Gasteiger partial charge on any atom is 0.308 e. The molecule has 0 spiro atoms. The number of carbonyl (C=O) groups is 2. The molecule has 6 heteroatoms. The molecule has 1 rings (SSSR count). The lowest BCUT2D eigenvalue weighted by Crippen LogP contribution is -2.48. The molecule has 0 bridgehead atoms. The lowest BCUT2D eigenvalue weighted by atomic mass is 10.2. The van der Waals surface area contributed by atoms with Gasteiger partial charge in [0.05, 0.1) is 26.2 Å². The van der Waals surface area contributed by atoms with Gasteiger partial charge in [0, 0.05) is 13.1 Å². The number of methoxy groups -OCH3 is 1. The van der Waals surface area contributed by atoms with Crippen LogP contribution in [0.4, 0.5) is 0 Å². The van der Waals surface area contributed by atoms with Crippen molar-refractivity contribution >= 4 is 23.5 Å². The van der Waals surface area contributed by atoms with E-state index in [9.17, 15) is 9.59 Å². The number of halogens is 1. The molecular formula is C10H16ClNO4. The van der Waals surface area contributed by atoms with Crippen LogP contribution in [0.25, 0.3) is 0 Å². The van der Waals surface area contributed by atoms with Gasteiger partial charge in [0.15, 0.2) is 0 Å². The van der Waals surface area contributed by atoms with Crippen molar-refractivity contribution in [1.29, 1.82) is 0 Å². The molecule has 0 aromatic rings. The zero-order valence-electron chi connectivity index (χ0n) is 9.44. The van der Waals surface area contributed by atoms with Gasteiger partial charge in [-0.25, -0.2) is 0 Å². The number of hydrogen-bond donors (Lipinski definition) is 0. The topological polar surface area (TPSA) is 55.8 Å². The van der Waals surface area contributed by atoms with Crippen molar-refractivity contribution in [3.63, 3.8) is 0 Å². The van der Waals surface area contributed by atoms with E-state index in [1.54, 1.807) is 11.8 Å². The summed E-state index contributed by atoms with van der Waals surface area (Å²) in [5, 5.41) is -0.545. The Bertz CT molecular complexity index is 270. The van der Waals surface area contributed by atoms with E-state index in [0.29, 0.717) is 19.7 Å². The summed E-state index contributed by atoms with van der Waals surface area (Å²) in [5.41, 5.74) is 0. The van der Waals surface area contributed by atoms with E-state index < -0.39 is 5.38 Å². The van der Waals surface area contributed by atoms with Crippen LogP contribution >= 0.6 is 11.6 Å². The van der Waals surface area contributed by atoms with Crippen molar-refractivity contribution in [3.8, 4) is 0 Å². The van der Waals surface area contributed by atoms with Crippen LogP contribution in [-0.4, -0.2) is 55.1 Å². The third-order valence-corrected chi connectivity index (χ3v) is 2.60. The number of alkyl halides is 1. The van der Waals surface area contributed by atoms with Crippen molar-refractivity contribution in [2.24, 2.45) is 0 Å². The SMILES string of the molecule is COC(=O)CC1CN(C(=O)C(C)Cl)CCO1. The second kappa shape index (κ2) is 6.06. The highest BCUT2D eigenvalue weighted by atomic mass is 35.5. The van der Waals surface area contributed by atoms with Crippen molar-refractivity contribution in [3.05, 3.63) is 0 Å². The molecule has 2 atom stereocenters. The van der Waals surface area contributed by atoms with Gasteiger partial charge in [-0.3, -0.25) is 9.59 Å². The van der Waals surface area contributed by atoms with Gasteiger partial charge in [-0.05, 0) is 6.92 Å². The Morgan fingerprint density at radius 2 is 2.31 bits per heavy atom. The Morgan fingerprint density at radius 1 is 1.62 bits per heavy atom. The second-order valence-corrected chi connectivity index (χ2v) is 4.33. The molecule has 0 saturated carbocycles. The van der Waals surface area contributed by atoms with Gasteiger partial charge in [-0.15, -0.1) is 11.6 Å². The molecule has 0 aromatic carbocycles. The van der Waals surface area contributed by atoms with E-state index >= 15 is 0 Å². The zero-order chi connectivity index (χ0) is 12.1. The fourth-order valence-corrected chi connectivity index (χ4v) is 1.70. The maximum absolute atomic E-state index is 11.6. The lowest BCUT2D eigenvalue weighted by molar-refractivity contribution is -0.149. The summed E-state index contributed by atoms with van der Waals surface area (Å²) in [5.74, 6) is -0.460. The van der Waals surface area contributed by atoms with Crippen LogP contribution in [0.1, 0.15) is 13.3 Å². The predicted octanol–water partition coefficient (Wildman–Crippen LogP) is 0.404. The van der Waals surface area contributed by atoms with Crippen molar-refractivity contribution in [2.45, 2.75) is 24.8 Å². The summed E-state index contributed by atoms with van der Waals surface area (Å²) in [7, 11) is 1.33. The highest BCUT2D eigenvalue weighted by Crippen LogP contribution is 2.12. The highest BCUT2D eigenvalue weighted by Gasteiger charge is 2.27. The molecule has 1 heterocycles. The van der Waals surface area contributed by atoms with Crippen LogP contribution in [0.3, 0.4) is 0 Å². The Morgan fingerprint density at radius 3 is 2.88 bits per heavy atom. The Labute approximate surface area is 99.6 Å². The molecule has 0 aromatic heterocycles. The summed E-state index contributed by atoms with van der Waals surface area (Å²) in [6, 6.07) is 0. The quantitative estimate of drug-likeness (QED) is 0.537. The number of morpholine rings is 1. The molecule has 1 amide bonds. The monoisotopic (exact) mass is 249 g/mol. The van der Waals surface area contributed by atoms with Gasteiger partial charge in [0.25, 0.3) is 0 Å². The first-order valence-corrected chi connectivity index (χ1v) is 5.59. The minimum atomic E-state index is -0.545. The normalized spacial score (nSPS) is 22.7. The summed E-state index contributed by atoms with van der Waals surface area (Å²) >= 11 is 5.72. The fraction of sp³-hybridized carbons (Fsp3) is 0.800. The lowest BCUT2D eigenvalue weighted by Gasteiger charge is -2.33. The van der Waals surface area contributed by atoms with Gasteiger partial charge < -0.3 is 14.4 Å². The van der Waals surface area contributed by atoms with Gasteiger partial charge in [0.1, 0.15) is 5.38 Å². The molecule has 92 valence electrons. The van der Waals surface area contributed by atoms with Gasteiger partial charge in [-0.1, -0.05) is 0 Å². The molecule has 16 heavy (non-hydrogen) atoms. The minimum absolute atomic E-state index is 0.125. The molecule has 0 aliphatic carbocycles. The molecule has 1 aliphatic heterocycles. The van der Waals surface area contributed by atoms with Crippen LogP contribution in [0.5, 0.6) is 0 Å². The largest absolute Gasteiger partial charge is 0.469 e. The van der Waals surface area contributed by atoms with Crippen LogP contribution < -0.4 is 0 Å². The summed E-state index contributed by atoms with van der Waals surface area (Å²) in [6.07, 6.45) is -0.128. The predicted molar refractivity (Wildman–Crippen MR) is 58.3 cm³/mol. The summed E-state index contributed by atoms with van der Waals surface area (Å²) < 4.78 is 9.92. The molecule has 0 radical (unpaired) electrons. The van der Waals surface area contributed by atoms with E-state index in [-0.39, 0.29) is 24.4 Å².